The van der Waals surface area contributed by atoms with Gasteiger partial charge in [0.25, 0.3) is 0 Å². The molecule has 2 atom stereocenters. The Balaban J connectivity index is 1.53. The maximum Gasteiger partial charge on any atom is 0.243 e. The summed E-state index contributed by atoms with van der Waals surface area (Å²) in [5.41, 5.74) is 5.61. The molecule has 0 amide bonds. The molecule has 0 saturated carbocycles. The lowest BCUT2D eigenvalue weighted by atomic mass is 9.96. The van der Waals surface area contributed by atoms with Crippen molar-refractivity contribution in [1.29, 1.82) is 0 Å². The normalized spacial score (nSPS) is 16.7. The molecule has 2 unspecified atom stereocenters. The minimum atomic E-state index is -4.02. The molecule has 10 heteroatoms. The Bertz CT molecular complexity index is 1540. The first-order valence-electron chi connectivity index (χ1n) is 10.7. The number of hydrazone groups is 1. The SMILES string of the molecule is O=S(=O)(NC(C1=NNC(c2ccc(Cl)cc2)C1)c1ccc(Cl)cc1Cl)c1cccc2cccnc12. The smallest absolute Gasteiger partial charge is 0.243 e. The van der Waals surface area contributed by atoms with Crippen LogP contribution < -0.4 is 10.1 Å². The Labute approximate surface area is 218 Å². The Morgan fingerprint density at radius 1 is 0.943 bits per heavy atom. The molecule has 35 heavy (non-hydrogen) atoms. The number of nitrogens with zero attached hydrogens (tertiary/aromatic N) is 2. The number of halogens is 3. The van der Waals surface area contributed by atoms with Crippen molar-refractivity contribution in [3.63, 3.8) is 0 Å². The van der Waals surface area contributed by atoms with Crippen molar-refractivity contribution in [2.75, 3.05) is 0 Å². The maximum absolute atomic E-state index is 13.6. The number of fused-ring (bicyclic) bond motifs is 1. The van der Waals surface area contributed by atoms with Crippen molar-refractivity contribution in [3.8, 4) is 0 Å². The summed E-state index contributed by atoms with van der Waals surface area (Å²) in [6, 6.07) is 20.0. The van der Waals surface area contributed by atoms with E-state index in [1.54, 1.807) is 48.7 Å². The van der Waals surface area contributed by atoms with E-state index in [0.29, 0.717) is 38.3 Å². The van der Waals surface area contributed by atoms with Gasteiger partial charge in [0.2, 0.25) is 10.0 Å². The third-order valence-corrected chi connectivity index (χ3v) is 8.08. The molecule has 2 heterocycles. The molecule has 5 rings (SSSR count). The second-order valence-electron chi connectivity index (χ2n) is 8.09. The van der Waals surface area contributed by atoms with Gasteiger partial charge in [-0.15, -0.1) is 0 Å². The van der Waals surface area contributed by atoms with Crippen LogP contribution in [0.15, 0.2) is 89.0 Å². The molecular formula is C25H19Cl3N4O2S. The number of hydrogen-bond acceptors (Lipinski definition) is 5. The summed E-state index contributed by atoms with van der Waals surface area (Å²) in [5, 5.41) is 6.63. The van der Waals surface area contributed by atoms with E-state index in [-0.39, 0.29) is 10.9 Å². The molecule has 0 fully saturated rings. The van der Waals surface area contributed by atoms with Gasteiger partial charge in [-0.3, -0.25) is 4.98 Å². The number of benzene rings is 3. The lowest BCUT2D eigenvalue weighted by Crippen LogP contribution is -2.34. The van der Waals surface area contributed by atoms with Gasteiger partial charge in [-0.05, 0) is 47.5 Å². The third kappa shape index (κ3) is 5.01. The molecule has 0 saturated heterocycles. The van der Waals surface area contributed by atoms with Gasteiger partial charge in [0.1, 0.15) is 4.90 Å². The molecule has 2 N–H and O–H groups in total. The first-order valence-corrected chi connectivity index (χ1v) is 13.3. The predicted molar refractivity (Wildman–Crippen MR) is 141 cm³/mol. The first-order chi connectivity index (χ1) is 16.8. The van der Waals surface area contributed by atoms with Crippen molar-refractivity contribution in [2.24, 2.45) is 5.10 Å². The van der Waals surface area contributed by atoms with Crippen LogP contribution in [-0.2, 0) is 10.0 Å². The van der Waals surface area contributed by atoms with Crippen LogP contribution in [0.2, 0.25) is 15.1 Å². The van der Waals surface area contributed by atoms with Gasteiger partial charge in [-0.1, -0.05) is 71.2 Å². The van der Waals surface area contributed by atoms with Gasteiger partial charge < -0.3 is 5.43 Å². The summed E-state index contributed by atoms with van der Waals surface area (Å²) in [6.07, 6.45) is 2.03. The van der Waals surface area contributed by atoms with Crippen LogP contribution in [0.25, 0.3) is 10.9 Å². The fourth-order valence-electron chi connectivity index (χ4n) is 4.09. The topological polar surface area (TPSA) is 83.5 Å². The van der Waals surface area contributed by atoms with Crippen molar-refractivity contribution < 1.29 is 8.42 Å². The van der Waals surface area contributed by atoms with Crippen LogP contribution in [0.5, 0.6) is 0 Å². The van der Waals surface area contributed by atoms with Crippen LogP contribution in [0.3, 0.4) is 0 Å². The van der Waals surface area contributed by atoms with E-state index >= 15 is 0 Å². The molecule has 3 aromatic carbocycles. The zero-order valence-corrected chi connectivity index (χ0v) is 21.2. The molecule has 1 aliphatic heterocycles. The minimum absolute atomic E-state index is 0.0755. The molecular weight excluding hydrogens is 527 g/mol. The zero-order valence-electron chi connectivity index (χ0n) is 18.1. The van der Waals surface area contributed by atoms with E-state index in [0.717, 1.165) is 10.9 Å². The second kappa shape index (κ2) is 9.76. The van der Waals surface area contributed by atoms with Crippen LogP contribution in [0, 0.1) is 0 Å². The van der Waals surface area contributed by atoms with Crippen molar-refractivity contribution in [2.45, 2.75) is 23.4 Å². The number of hydrogen-bond donors (Lipinski definition) is 2. The van der Waals surface area contributed by atoms with Crippen molar-refractivity contribution >= 4 is 61.4 Å². The van der Waals surface area contributed by atoms with Crippen molar-refractivity contribution in [3.05, 3.63) is 105 Å². The molecule has 1 aliphatic rings. The third-order valence-electron chi connectivity index (χ3n) is 5.81. The van der Waals surface area contributed by atoms with E-state index in [4.69, 9.17) is 34.8 Å². The van der Waals surface area contributed by atoms with Gasteiger partial charge in [-0.25, -0.2) is 8.42 Å². The maximum atomic E-state index is 13.6. The Morgan fingerprint density at radius 3 is 2.46 bits per heavy atom. The van der Waals surface area contributed by atoms with E-state index in [1.807, 2.05) is 24.3 Å². The van der Waals surface area contributed by atoms with E-state index in [9.17, 15) is 8.42 Å². The Morgan fingerprint density at radius 2 is 1.69 bits per heavy atom. The van der Waals surface area contributed by atoms with Gasteiger partial charge in [0.05, 0.1) is 23.3 Å². The second-order valence-corrected chi connectivity index (χ2v) is 11.1. The number of sulfonamides is 1. The molecule has 178 valence electrons. The number of aromatic nitrogens is 1. The highest BCUT2D eigenvalue weighted by Crippen LogP contribution is 2.34. The van der Waals surface area contributed by atoms with Crippen LogP contribution in [-0.4, -0.2) is 19.1 Å². The number of rotatable bonds is 6. The average molecular weight is 546 g/mol. The summed E-state index contributed by atoms with van der Waals surface area (Å²) in [5.74, 6) is 0. The number of pyridine rings is 1. The summed E-state index contributed by atoms with van der Waals surface area (Å²) in [6.45, 7) is 0. The summed E-state index contributed by atoms with van der Waals surface area (Å²) in [7, 11) is -4.02. The highest BCUT2D eigenvalue weighted by atomic mass is 35.5. The molecule has 0 aliphatic carbocycles. The van der Waals surface area contributed by atoms with Crippen LogP contribution in [0.4, 0.5) is 0 Å². The highest BCUT2D eigenvalue weighted by molar-refractivity contribution is 7.89. The first kappa shape index (κ1) is 24.0. The Kier molecular flexibility index (Phi) is 6.70. The number of para-hydroxylation sites is 1. The molecule has 0 spiro atoms. The monoisotopic (exact) mass is 544 g/mol. The highest BCUT2D eigenvalue weighted by Gasteiger charge is 2.33. The summed E-state index contributed by atoms with van der Waals surface area (Å²) in [4.78, 5) is 4.37. The number of nitrogens with one attached hydrogen (secondary N) is 2. The average Bonchev–Trinajstić information content (AvgIpc) is 3.33. The van der Waals surface area contributed by atoms with E-state index in [2.05, 4.69) is 20.2 Å². The van der Waals surface area contributed by atoms with Crippen LogP contribution in [0.1, 0.15) is 29.6 Å². The lowest BCUT2D eigenvalue weighted by Gasteiger charge is -2.21. The minimum Gasteiger partial charge on any atom is -0.302 e. The van der Waals surface area contributed by atoms with E-state index in [1.165, 1.54) is 6.07 Å². The molecule has 0 bridgehead atoms. The largest absolute Gasteiger partial charge is 0.302 e. The van der Waals surface area contributed by atoms with E-state index < -0.39 is 16.1 Å². The zero-order chi connectivity index (χ0) is 24.6. The predicted octanol–water partition coefficient (Wildman–Crippen LogP) is 6.31. The standard InChI is InChI=1S/C25H19Cl3N4O2S/c26-17-8-6-15(7-9-17)21-14-22(31-30-21)25(19-11-10-18(27)13-20(19)28)32-35(33,34)23-5-1-3-16-4-2-12-29-24(16)23/h1-13,21,25,30,32H,14H2. The molecule has 4 aromatic rings. The molecule has 0 radical (unpaired) electrons. The lowest BCUT2D eigenvalue weighted by molar-refractivity contribution is 0.577. The van der Waals surface area contributed by atoms with Crippen LogP contribution >= 0.6 is 34.8 Å². The quantitative estimate of drug-likeness (QED) is 0.298. The molecule has 1 aromatic heterocycles. The fraction of sp³-hybridized carbons (Fsp3) is 0.120. The Hall–Kier alpha value is -2.68. The van der Waals surface area contributed by atoms with Crippen molar-refractivity contribution in [1.82, 2.24) is 15.1 Å². The summed E-state index contributed by atoms with van der Waals surface area (Å²) < 4.78 is 30.1. The fourth-order valence-corrected chi connectivity index (χ4v) is 6.12. The van der Waals surface area contributed by atoms with Gasteiger partial charge >= 0.3 is 0 Å². The molecule has 6 nitrogen and oxygen atoms in total. The summed E-state index contributed by atoms with van der Waals surface area (Å²) >= 11 is 18.7. The van der Waals surface area contributed by atoms with Gasteiger partial charge in [-0.2, -0.15) is 9.82 Å². The van der Waals surface area contributed by atoms with Gasteiger partial charge in [0.15, 0.2) is 0 Å². The van der Waals surface area contributed by atoms with Gasteiger partial charge in [0, 0.05) is 33.1 Å².